The van der Waals surface area contributed by atoms with Gasteiger partial charge in [0.1, 0.15) is 5.82 Å². The predicted octanol–water partition coefficient (Wildman–Crippen LogP) is 1.61. The molecular weight excluding hydrogens is 266 g/mol. The summed E-state index contributed by atoms with van der Waals surface area (Å²) in [5.74, 6) is 1.47. The van der Waals surface area contributed by atoms with E-state index in [0.29, 0.717) is 11.5 Å². The van der Waals surface area contributed by atoms with Gasteiger partial charge in [0.25, 0.3) is 0 Å². The van der Waals surface area contributed by atoms with E-state index in [1.807, 2.05) is 61.3 Å². The molecule has 0 radical (unpaired) electrons. The number of nitrogens with zero attached hydrogens (tertiary/aromatic N) is 5. The highest BCUT2D eigenvalue weighted by atomic mass is 16.3. The van der Waals surface area contributed by atoms with Gasteiger partial charge in [0, 0.05) is 12.6 Å². The Morgan fingerprint density at radius 3 is 2.62 bits per heavy atom. The Balaban J connectivity index is 2.08. The minimum Gasteiger partial charge on any atom is -0.394 e. The van der Waals surface area contributed by atoms with E-state index < -0.39 is 0 Å². The van der Waals surface area contributed by atoms with E-state index in [9.17, 15) is 5.11 Å². The monoisotopic (exact) mass is 283 g/mol. The largest absolute Gasteiger partial charge is 0.394 e. The van der Waals surface area contributed by atoms with Crippen LogP contribution in [0.3, 0.4) is 0 Å². The van der Waals surface area contributed by atoms with Crippen LogP contribution in [0.4, 0.5) is 5.82 Å². The third-order valence-corrected chi connectivity index (χ3v) is 3.57. The SMILES string of the molecule is C[C@H](CO)N(C)c1ccc2nnc(-c3ccccc3)n2n1. The van der Waals surface area contributed by atoms with Crippen molar-refractivity contribution in [1.82, 2.24) is 19.8 Å². The summed E-state index contributed by atoms with van der Waals surface area (Å²) in [5.41, 5.74) is 1.66. The lowest BCUT2D eigenvalue weighted by Gasteiger charge is -2.23. The number of benzene rings is 1. The van der Waals surface area contributed by atoms with Crippen LogP contribution in [0, 0.1) is 0 Å². The van der Waals surface area contributed by atoms with Gasteiger partial charge >= 0.3 is 0 Å². The number of anilines is 1. The van der Waals surface area contributed by atoms with Gasteiger partial charge < -0.3 is 10.0 Å². The predicted molar refractivity (Wildman–Crippen MR) is 81.2 cm³/mol. The van der Waals surface area contributed by atoms with Crippen LogP contribution < -0.4 is 4.90 Å². The minimum absolute atomic E-state index is 0.00777. The van der Waals surface area contributed by atoms with E-state index in [1.54, 1.807) is 4.52 Å². The van der Waals surface area contributed by atoms with Gasteiger partial charge in [0.05, 0.1) is 12.6 Å². The molecule has 108 valence electrons. The summed E-state index contributed by atoms with van der Waals surface area (Å²) >= 11 is 0. The van der Waals surface area contributed by atoms with Crippen molar-refractivity contribution in [1.29, 1.82) is 0 Å². The topological polar surface area (TPSA) is 66.5 Å². The molecule has 1 N–H and O–H groups in total. The lowest BCUT2D eigenvalue weighted by atomic mass is 10.2. The number of aliphatic hydroxyl groups is 1. The highest BCUT2D eigenvalue weighted by Gasteiger charge is 2.14. The Bertz CT molecular complexity index is 740. The zero-order valence-corrected chi connectivity index (χ0v) is 12.0. The molecule has 0 aliphatic carbocycles. The minimum atomic E-state index is -0.00777. The van der Waals surface area contributed by atoms with Gasteiger partial charge in [-0.05, 0) is 19.1 Å². The van der Waals surface area contributed by atoms with Crippen LogP contribution in [0.15, 0.2) is 42.5 Å². The van der Waals surface area contributed by atoms with Crippen molar-refractivity contribution in [2.45, 2.75) is 13.0 Å². The average molecular weight is 283 g/mol. The quantitative estimate of drug-likeness (QED) is 0.788. The van der Waals surface area contributed by atoms with Crippen LogP contribution in [0.2, 0.25) is 0 Å². The van der Waals surface area contributed by atoms with Crippen molar-refractivity contribution < 1.29 is 5.11 Å². The molecule has 0 spiro atoms. The van der Waals surface area contributed by atoms with Crippen LogP contribution in [0.1, 0.15) is 6.92 Å². The van der Waals surface area contributed by atoms with Gasteiger partial charge in [-0.25, -0.2) is 0 Å². The maximum Gasteiger partial charge on any atom is 0.185 e. The second kappa shape index (κ2) is 5.49. The van der Waals surface area contributed by atoms with Gasteiger partial charge in [-0.1, -0.05) is 30.3 Å². The number of aliphatic hydroxyl groups excluding tert-OH is 1. The second-order valence-corrected chi connectivity index (χ2v) is 4.99. The van der Waals surface area contributed by atoms with E-state index in [2.05, 4.69) is 15.3 Å². The zero-order chi connectivity index (χ0) is 14.8. The number of aromatic nitrogens is 4. The Morgan fingerprint density at radius 1 is 1.14 bits per heavy atom. The number of hydrogen-bond donors (Lipinski definition) is 1. The molecule has 6 nitrogen and oxygen atoms in total. The molecule has 0 aliphatic rings. The summed E-state index contributed by atoms with van der Waals surface area (Å²) in [6, 6.07) is 13.6. The molecule has 2 aromatic heterocycles. The van der Waals surface area contributed by atoms with Crippen molar-refractivity contribution in [2.75, 3.05) is 18.6 Å². The number of fused-ring (bicyclic) bond motifs is 1. The lowest BCUT2D eigenvalue weighted by molar-refractivity contribution is 0.269. The van der Waals surface area contributed by atoms with Crippen molar-refractivity contribution in [2.24, 2.45) is 0 Å². The lowest BCUT2D eigenvalue weighted by Crippen LogP contribution is -2.32. The Labute approximate surface area is 122 Å². The maximum atomic E-state index is 9.27. The zero-order valence-electron chi connectivity index (χ0n) is 12.0. The molecule has 0 aliphatic heterocycles. The van der Waals surface area contributed by atoms with E-state index in [1.165, 1.54) is 0 Å². The molecule has 0 saturated heterocycles. The van der Waals surface area contributed by atoms with Crippen molar-refractivity contribution in [3.8, 4) is 11.4 Å². The molecule has 0 saturated carbocycles. The van der Waals surface area contributed by atoms with E-state index in [4.69, 9.17) is 0 Å². The first kappa shape index (κ1) is 13.5. The molecule has 1 aromatic carbocycles. The van der Waals surface area contributed by atoms with E-state index in [0.717, 1.165) is 11.4 Å². The smallest absolute Gasteiger partial charge is 0.185 e. The fourth-order valence-corrected chi connectivity index (χ4v) is 2.08. The van der Waals surface area contributed by atoms with E-state index >= 15 is 0 Å². The first-order valence-electron chi connectivity index (χ1n) is 6.82. The Hall–Kier alpha value is -2.47. The van der Waals surface area contributed by atoms with Gasteiger partial charge in [0.15, 0.2) is 11.5 Å². The summed E-state index contributed by atoms with van der Waals surface area (Å²) in [5, 5.41) is 22.2. The molecule has 0 unspecified atom stereocenters. The Morgan fingerprint density at radius 2 is 1.90 bits per heavy atom. The second-order valence-electron chi connectivity index (χ2n) is 4.99. The average Bonchev–Trinajstić information content (AvgIpc) is 2.97. The molecule has 3 rings (SSSR count). The van der Waals surface area contributed by atoms with Gasteiger partial charge in [-0.3, -0.25) is 0 Å². The third-order valence-electron chi connectivity index (χ3n) is 3.57. The van der Waals surface area contributed by atoms with Crippen molar-refractivity contribution in [3.63, 3.8) is 0 Å². The van der Waals surface area contributed by atoms with Crippen LogP contribution in [0.25, 0.3) is 17.0 Å². The number of rotatable bonds is 4. The first-order valence-corrected chi connectivity index (χ1v) is 6.82. The molecule has 2 heterocycles. The highest BCUT2D eigenvalue weighted by molar-refractivity contribution is 5.59. The van der Waals surface area contributed by atoms with Gasteiger partial charge in [-0.2, -0.15) is 4.52 Å². The fraction of sp³-hybridized carbons (Fsp3) is 0.267. The standard InChI is InChI=1S/C15H17N5O/c1-11(10-21)19(2)14-9-8-13-16-17-15(20(13)18-14)12-6-4-3-5-7-12/h3-9,11,21H,10H2,1-2H3/t11-/m1/s1. The molecule has 6 heteroatoms. The molecular formula is C15H17N5O. The summed E-state index contributed by atoms with van der Waals surface area (Å²) in [6.07, 6.45) is 0. The van der Waals surface area contributed by atoms with Crippen LogP contribution >= 0.6 is 0 Å². The maximum absolute atomic E-state index is 9.27. The highest BCUT2D eigenvalue weighted by Crippen LogP contribution is 2.19. The molecule has 0 amide bonds. The molecule has 0 bridgehead atoms. The fourth-order valence-electron chi connectivity index (χ4n) is 2.08. The molecule has 21 heavy (non-hydrogen) atoms. The Kier molecular flexibility index (Phi) is 3.53. The van der Waals surface area contributed by atoms with Gasteiger partial charge in [-0.15, -0.1) is 15.3 Å². The normalized spacial score (nSPS) is 12.5. The number of hydrogen-bond acceptors (Lipinski definition) is 5. The van der Waals surface area contributed by atoms with Crippen molar-refractivity contribution in [3.05, 3.63) is 42.5 Å². The third kappa shape index (κ3) is 2.45. The van der Waals surface area contributed by atoms with Crippen LogP contribution in [-0.2, 0) is 0 Å². The summed E-state index contributed by atoms with van der Waals surface area (Å²) in [7, 11) is 1.90. The van der Waals surface area contributed by atoms with Gasteiger partial charge in [0.2, 0.25) is 0 Å². The van der Waals surface area contributed by atoms with E-state index in [-0.39, 0.29) is 12.6 Å². The summed E-state index contributed by atoms with van der Waals surface area (Å²) in [4.78, 5) is 1.92. The summed E-state index contributed by atoms with van der Waals surface area (Å²) < 4.78 is 1.73. The van der Waals surface area contributed by atoms with Crippen LogP contribution in [0.5, 0.6) is 0 Å². The van der Waals surface area contributed by atoms with Crippen LogP contribution in [-0.4, -0.2) is 44.6 Å². The van der Waals surface area contributed by atoms with Crippen molar-refractivity contribution >= 4 is 11.5 Å². The first-order chi connectivity index (χ1) is 10.2. The molecule has 3 aromatic rings. The molecule has 0 fully saturated rings. The number of likely N-dealkylation sites (N-methyl/N-ethyl adjacent to an activating group) is 1. The molecule has 1 atom stereocenters. The summed E-state index contributed by atoms with van der Waals surface area (Å²) in [6.45, 7) is 2.01.